The topological polar surface area (TPSA) is 68.0 Å². The van der Waals surface area contributed by atoms with Crippen LogP contribution in [0.4, 0.5) is 5.69 Å². The first kappa shape index (κ1) is 16.2. The van der Waals surface area contributed by atoms with Crippen molar-refractivity contribution in [3.8, 4) is 11.1 Å². The molecule has 2 aromatic carbocycles. The van der Waals surface area contributed by atoms with E-state index in [1.54, 1.807) is 36.7 Å². The van der Waals surface area contributed by atoms with Crippen LogP contribution in [0.1, 0.15) is 11.6 Å². The number of pyridine rings is 1. The monoisotopic (exact) mass is 337 g/mol. The van der Waals surface area contributed by atoms with Crippen LogP contribution in [-0.4, -0.2) is 10.9 Å². The van der Waals surface area contributed by atoms with E-state index in [2.05, 4.69) is 10.3 Å². The maximum Gasteiger partial charge on any atom is 0.245 e. The van der Waals surface area contributed by atoms with Crippen LogP contribution in [0.2, 0.25) is 5.02 Å². The minimum atomic E-state index is -0.821. The maximum atomic E-state index is 12.3. The number of aromatic nitrogens is 1. The number of anilines is 1. The molecule has 3 rings (SSSR count). The molecule has 24 heavy (non-hydrogen) atoms. The van der Waals surface area contributed by atoms with Crippen molar-refractivity contribution in [3.05, 3.63) is 83.6 Å². The molecule has 0 unspecified atom stereocenters. The summed E-state index contributed by atoms with van der Waals surface area (Å²) in [6.45, 7) is 0. The van der Waals surface area contributed by atoms with E-state index in [1.165, 1.54) is 0 Å². The average molecular weight is 338 g/mol. The van der Waals surface area contributed by atoms with E-state index < -0.39 is 6.04 Å². The molecule has 0 spiro atoms. The van der Waals surface area contributed by atoms with Gasteiger partial charge in [-0.15, -0.1) is 0 Å². The number of amides is 1. The zero-order valence-electron chi connectivity index (χ0n) is 12.8. The second-order valence-electron chi connectivity index (χ2n) is 5.30. The number of nitrogens with one attached hydrogen (secondary N) is 1. The van der Waals surface area contributed by atoms with Gasteiger partial charge in [0.05, 0.1) is 0 Å². The molecule has 3 N–H and O–H groups in total. The zero-order chi connectivity index (χ0) is 16.9. The highest BCUT2D eigenvalue weighted by atomic mass is 35.5. The van der Waals surface area contributed by atoms with Crippen LogP contribution in [0.25, 0.3) is 11.1 Å². The quantitative estimate of drug-likeness (QED) is 0.755. The van der Waals surface area contributed by atoms with Crippen LogP contribution in [0, 0.1) is 0 Å². The third-order valence-electron chi connectivity index (χ3n) is 3.69. The Balaban J connectivity index is 1.72. The minimum absolute atomic E-state index is 0.306. The molecular formula is C19H16ClN3O. The third-order valence-corrected chi connectivity index (χ3v) is 4.03. The smallest absolute Gasteiger partial charge is 0.245 e. The molecule has 0 fully saturated rings. The molecular weight excluding hydrogens is 322 g/mol. The molecule has 3 aromatic rings. The Hall–Kier alpha value is -2.69. The number of hydrogen-bond donors (Lipinski definition) is 2. The van der Waals surface area contributed by atoms with Crippen LogP contribution >= 0.6 is 11.6 Å². The van der Waals surface area contributed by atoms with Crippen molar-refractivity contribution in [2.24, 2.45) is 5.73 Å². The van der Waals surface area contributed by atoms with E-state index in [0.717, 1.165) is 11.1 Å². The Morgan fingerprint density at radius 3 is 2.25 bits per heavy atom. The lowest BCUT2D eigenvalue weighted by Crippen LogP contribution is -2.27. The van der Waals surface area contributed by atoms with Crippen molar-refractivity contribution in [1.29, 1.82) is 0 Å². The number of halogens is 1. The van der Waals surface area contributed by atoms with E-state index in [0.29, 0.717) is 16.3 Å². The van der Waals surface area contributed by atoms with Crippen LogP contribution < -0.4 is 11.1 Å². The molecule has 0 radical (unpaired) electrons. The SMILES string of the molecule is N[C@H](C(=O)Nc1ccc(-c2ccncc2)cc1)c1ccccc1Cl. The molecule has 1 atom stereocenters. The second-order valence-corrected chi connectivity index (χ2v) is 5.71. The van der Waals surface area contributed by atoms with Crippen LogP contribution in [-0.2, 0) is 4.79 Å². The largest absolute Gasteiger partial charge is 0.324 e. The lowest BCUT2D eigenvalue weighted by atomic mass is 10.1. The maximum absolute atomic E-state index is 12.3. The van der Waals surface area contributed by atoms with Crippen molar-refractivity contribution >= 4 is 23.2 Å². The normalized spacial score (nSPS) is 11.8. The van der Waals surface area contributed by atoms with Gasteiger partial charge in [-0.25, -0.2) is 0 Å². The number of nitrogens with two attached hydrogens (primary N) is 1. The van der Waals surface area contributed by atoms with Gasteiger partial charge in [0.2, 0.25) is 5.91 Å². The number of carbonyl (C=O) groups excluding carboxylic acids is 1. The van der Waals surface area contributed by atoms with Gasteiger partial charge in [0.25, 0.3) is 0 Å². The van der Waals surface area contributed by atoms with Gasteiger partial charge in [0, 0.05) is 23.1 Å². The summed E-state index contributed by atoms with van der Waals surface area (Å²) in [5, 5.41) is 3.29. The molecule has 5 heteroatoms. The number of benzene rings is 2. The van der Waals surface area contributed by atoms with Gasteiger partial charge in [-0.1, -0.05) is 41.9 Å². The lowest BCUT2D eigenvalue weighted by molar-refractivity contribution is -0.117. The molecule has 0 aliphatic heterocycles. The Morgan fingerprint density at radius 1 is 0.958 bits per heavy atom. The third kappa shape index (κ3) is 3.62. The summed E-state index contributed by atoms with van der Waals surface area (Å²) in [6, 6.07) is 17.7. The van der Waals surface area contributed by atoms with E-state index >= 15 is 0 Å². The molecule has 1 aromatic heterocycles. The zero-order valence-corrected chi connectivity index (χ0v) is 13.6. The van der Waals surface area contributed by atoms with Crippen LogP contribution in [0.3, 0.4) is 0 Å². The van der Waals surface area contributed by atoms with Gasteiger partial charge in [0.15, 0.2) is 0 Å². The first-order chi connectivity index (χ1) is 11.6. The summed E-state index contributed by atoms with van der Waals surface area (Å²) >= 11 is 6.09. The van der Waals surface area contributed by atoms with Gasteiger partial charge in [0.1, 0.15) is 6.04 Å². The summed E-state index contributed by atoms with van der Waals surface area (Å²) < 4.78 is 0. The molecule has 1 amide bonds. The molecule has 0 bridgehead atoms. The number of rotatable bonds is 4. The Morgan fingerprint density at radius 2 is 1.58 bits per heavy atom. The molecule has 0 aliphatic rings. The van der Waals surface area contributed by atoms with E-state index in [1.807, 2.05) is 36.4 Å². The van der Waals surface area contributed by atoms with Gasteiger partial charge < -0.3 is 11.1 Å². The van der Waals surface area contributed by atoms with Gasteiger partial charge in [-0.05, 0) is 47.0 Å². The Bertz CT molecular complexity index is 835. The second kappa shape index (κ2) is 7.25. The van der Waals surface area contributed by atoms with E-state index in [-0.39, 0.29) is 5.91 Å². The number of hydrogen-bond acceptors (Lipinski definition) is 3. The summed E-state index contributed by atoms with van der Waals surface area (Å²) in [5.74, 6) is -0.306. The van der Waals surface area contributed by atoms with Crippen molar-refractivity contribution in [2.45, 2.75) is 6.04 Å². The lowest BCUT2D eigenvalue weighted by Gasteiger charge is -2.14. The number of nitrogens with zero attached hydrogens (tertiary/aromatic N) is 1. The molecule has 0 saturated heterocycles. The molecule has 1 heterocycles. The highest BCUT2D eigenvalue weighted by molar-refractivity contribution is 6.31. The summed E-state index contributed by atoms with van der Waals surface area (Å²) in [4.78, 5) is 16.3. The first-order valence-electron chi connectivity index (χ1n) is 7.46. The van der Waals surface area contributed by atoms with Crippen LogP contribution in [0.5, 0.6) is 0 Å². The molecule has 0 saturated carbocycles. The van der Waals surface area contributed by atoms with Crippen molar-refractivity contribution in [3.63, 3.8) is 0 Å². The van der Waals surface area contributed by atoms with E-state index in [4.69, 9.17) is 17.3 Å². The highest BCUT2D eigenvalue weighted by Crippen LogP contribution is 2.24. The number of carbonyl (C=O) groups is 1. The Labute approximate surface area is 145 Å². The predicted molar refractivity (Wildman–Crippen MR) is 96.7 cm³/mol. The van der Waals surface area contributed by atoms with Gasteiger partial charge in [-0.3, -0.25) is 9.78 Å². The van der Waals surface area contributed by atoms with Crippen molar-refractivity contribution < 1.29 is 4.79 Å². The molecule has 4 nitrogen and oxygen atoms in total. The fraction of sp³-hybridized carbons (Fsp3) is 0.0526. The fourth-order valence-electron chi connectivity index (χ4n) is 2.38. The van der Waals surface area contributed by atoms with Crippen LogP contribution in [0.15, 0.2) is 73.1 Å². The molecule has 0 aliphatic carbocycles. The fourth-order valence-corrected chi connectivity index (χ4v) is 2.63. The summed E-state index contributed by atoms with van der Waals surface area (Å²) in [5.41, 5.74) is 9.40. The first-order valence-corrected chi connectivity index (χ1v) is 7.84. The van der Waals surface area contributed by atoms with Gasteiger partial charge >= 0.3 is 0 Å². The minimum Gasteiger partial charge on any atom is -0.324 e. The standard InChI is InChI=1S/C19H16ClN3O/c20-17-4-2-1-3-16(17)18(21)19(24)23-15-7-5-13(6-8-15)14-9-11-22-12-10-14/h1-12,18H,21H2,(H,23,24)/t18-/m0/s1. The summed E-state index contributed by atoms with van der Waals surface area (Å²) in [6.07, 6.45) is 3.49. The summed E-state index contributed by atoms with van der Waals surface area (Å²) in [7, 11) is 0. The van der Waals surface area contributed by atoms with Gasteiger partial charge in [-0.2, -0.15) is 0 Å². The average Bonchev–Trinajstić information content (AvgIpc) is 2.63. The van der Waals surface area contributed by atoms with Crippen molar-refractivity contribution in [1.82, 2.24) is 4.98 Å². The van der Waals surface area contributed by atoms with E-state index in [9.17, 15) is 4.79 Å². The molecule has 120 valence electrons. The predicted octanol–water partition coefficient (Wildman–Crippen LogP) is 4.04. The Kier molecular flexibility index (Phi) is 4.89. The van der Waals surface area contributed by atoms with Crippen molar-refractivity contribution in [2.75, 3.05) is 5.32 Å². The highest BCUT2D eigenvalue weighted by Gasteiger charge is 2.18.